The molecular weight excluding hydrogens is 250 g/mol. The number of anilines is 1. The number of hydrogen-bond acceptors (Lipinski definition) is 5. The zero-order valence-electron chi connectivity index (χ0n) is 10.7. The van der Waals surface area contributed by atoms with Gasteiger partial charge in [0.15, 0.2) is 6.61 Å². The molecule has 0 saturated carbocycles. The Morgan fingerprint density at radius 1 is 1.37 bits per heavy atom. The summed E-state index contributed by atoms with van der Waals surface area (Å²) in [7, 11) is 0. The predicted molar refractivity (Wildman–Crippen MR) is 69.2 cm³/mol. The van der Waals surface area contributed by atoms with Gasteiger partial charge in [-0.1, -0.05) is 13.3 Å². The first-order chi connectivity index (χ1) is 9.04. The molecule has 6 nitrogen and oxygen atoms in total. The summed E-state index contributed by atoms with van der Waals surface area (Å²) in [6.45, 7) is 2.10. The average molecular weight is 267 g/mol. The summed E-state index contributed by atoms with van der Waals surface area (Å²) in [5, 5.41) is 8.88. The molecule has 0 heterocycles. The van der Waals surface area contributed by atoms with Crippen LogP contribution in [0.4, 0.5) is 5.69 Å². The van der Waals surface area contributed by atoms with Crippen molar-refractivity contribution >= 4 is 17.6 Å². The number of rotatable bonds is 7. The Morgan fingerprint density at radius 3 is 2.74 bits per heavy atom. The summed E-state index contributed by atoms with van der Waals surface area (Å²) in [4.78, 5) is 22.1. The molecule has 0 aromatic heterocycles. The van der Waals surface area contributed by atoms with Crippen LogP contribution in [-0.4, -0.2) is 30.3 Å². The number of esters is 1. The maximum atomic E-state index is 11.3. The Labute approximate surface area is 111 Å². The molecule has 3 N–H and O–H groups in total. The van der Waals surface area contributed by atoms with Gasteiger partial charge in [-0.05, 0) is 24.6 Å². The lowest BCUT2D eigenvalue weighted by Crippen LogP contribution is -2.15. The van der Waals surface area contributed by atoms with Crippen molar-refractivity contribution in [3.63, 3.8) is 0 Å². The number of carboxylic acids is 1. The average Bonchev–Trinajstić information content (AvgIpc) is 2.37. The second-order valence-electron chi connectivity index (χ2n) is 3.92. The number of ether oxygens (including phenoxy) is 2. The molecule has 1 aromatic carbocycles. The van der Waals surface area contributed by atoms with E-state index in [0.717, 1.165) is 12.8 Å². The molecule has 104 valence electrons. The number of nitrogen functional groups attached to an aromatic ring is 1. The van der Waals surface area contributed by atoms with Gasteiger partial charge >= 0.3 is 11.9 Å². The summed E-state index contributed by atoms with van der Waals surface area (Å²) in [6, 6.07) is 4.19. The predicted octanol–water partition coefficient (Wildman–Crippen LogP) is 1.69. The maximum Gasteiger partial charge on any atom is 0.344 e. The molecule has 0 radical (unpaired) electrons. The Hall–Kier alpha value is -2.24. The number of nitrogens with two attached hydrogens (primary N) is 1. The second kappa shape index (κ2) is 7.25. The second-order valence-corrected chi connectivity index (χ2v) is 3.92. The first kappa shape index (κ1) is 14.8. The lowest BCUT2D eigenvalue weighted by atomic mass is 10.2. The molecular formula is C13H17NO5. The van der Waals surface area contributed by atoms with Crippen LogP contribution in [0.1, 0.15) is 30.1 Å². The van der Waals surface area contributed by atoms with E-state index in [1.54, 1.807) is 0 Å². The molecule has 0 saturated heterocycles. The van der Waals surface area contributed by atoms with E-state index in [9.17, 15) is 9.59 Å². The number of carboxylic acid groups (broad SMARTS) is 1. The number of carbonyl (C=O) groups excluding carboxylic acids is 1. The summed E-state index contributed by atoms with van der Waals surface area (Å²) in [5.41, 5.74) is 5.58. The fourth-order valence-corrected chi connectivity index (χ4v) is 1.32. The zero-order valence-corrected chi connectivity index (χ0v) is 10.7. The standard InChI is InChI=1S/C13H17NO5/c1-2-3-6-18-12(15)8-19-9-4-5-11(14)10(7-9)13(16)17/h4-5,7H,2-3,6,8,14H2,1H3,(H,16,17). The highest BCUT2D eigenvalue weighted by atomic mass is 16.6. The Bertz CT molecular complexity index is 458. The topological polar surface area (TPSA) is 98.9 Å². The van der Waals surface area contributed by atoms with Crippen molar-refractivity contribution in [2.75, 3.05) is 18.9 Å². The van der Waals surface area contributed by atoms with Crippen molar-refractivity contribution in [3.8, 4) is 5.75 Å². The molecule has 0 atom stereocenters. The van der Waals surface area contributed by atoms with Crippen LogP contribution in [0, 0.1) is 0 Å². The molecule has 1 aromatic rings. The highest BCUT2D eigenvalue weighted by Crippen LogP contribution is 2.19. The molecule has 6 heteroatoms. The SMILES string of the molecule is CCCCOC(=O)COc1ccc(N)c(C(=O)O)c1. The monoisotopic (exact) mass is 267 g/mol. The van der Waals surface area contributed by atoms with Gasteiger partial charge in [-0.2, -0.15) is 0 Å². The van der Waals surface area contributed by atoms with Crippen LogP contribution >= 0.6 is 0 Å². The van der Waals surface area contributed by atoms with Gasteiger partial charge in [0.25, 0.3) is 0 Å². The Morgan fingerprint density at radius 2 is 2.11 bits per heavy atom. The quantitative estimate of drug-likeness (QED) is 0.443. The van der Waals surface area contributed by atoms with E-state index >= 15 is 0 Å². The maximum absolute atomic E-state index is 11.3. The third-order valence-corrected chi connectivity index (χ3v) is 2.37. The molecule has 1 rings (SSSR count). The molecule has 0 aliphatic heterocycles. The van der Waals surface area contributed by atoms with Crippen molar-refractivity contribution in [2.24, 2.45) is 0 Å². The molecule has 0 aliphatic rings. The highest BCUT2D eigenvalue weighted by Gasteiger charge is 2.10. The summed E-state index contributed by atoms with van der Waals surface area (Å²) < 4.78 is 10.1. The van der Waals surface area contributed by atoms with E-state index in [-0.39, 0.29) is 23.6 Å². The minimum absolute atomic E-state index is 0.0585. The van der Waals surface area contributed by atoms with E-state index < -0.39 is 11.9 Å². The van der Waals surface area contributed by atoms with Gasteiger partial charge < -0.3 is 20.3 Å². The minimum Gasteiger partial charge on any atom is -0.482 e. The van der Waals surface area contributed by atoms with Gasteiger partial charge in [-0.3, -0.25) is 0 Å². The van der Waals surface area contributed by atoms with Crippen LogP contribution < -0.4 is 10.5 Å². The summed E-state index contributed by atoms with van der Waals surface area (Å²) >= 11 is 0. The van der Waals surface area contributed by atoms with Crippen LogP contribution in [0.15, 0.2) is 18.2 Å². The summed E-state index contributed by atoms with van der Waals surface area (Å²) in [5.74, 6) is -1.37. The van der Waals surface area contributed by atoms with E-state index in [1.165, 1.54) is 18.2 Å². The molecule has 0 fully saturated rings. The van der Waals surface area contributed by atoms with Crippen molar-refractivity contribution in [2.45, 2.75) is 19.8 Å². The number of unbranched alkanes of at least 4 members (excludes halogenated alkanes) is 1. The number of benzene rings is 1. The van der Waals surface area contributed by atoms with Gasteiger partial charge in [0.1, 0.15) is 5.75 Å². The lowest BCUT2D eigenvalue weighted by molar-refractivity contribution is -0.146. The van der Waals surface area contributed by atoms with Crippen LogP contribution in [0.2, 0.25) is 0 Å². The zero-order chi connectivity index (χ0) is 14.3. The van der Waals surface area contributed by atoms with E-state index in [4.69, 9.17) is 20.3 Å². The smallest absolute Gasteiger partial charge is 0.344 e. The van der Waals surface area contributed by atoms with Gasteiger partial charge in [0.05, 0.1) is 12.2 Å². The van der Waals surface area contributed by atoms with Crippen LogP contribution in [0.5, 0.6) is 5.75 Å². The van der Waals surface area contributed by atoms with Crippen LogP contribution in [0.25, 0.3) is 0 Å². The molecule has 0 amide bonds. The third kappa shape index (κ3) is 4.87. The lowest BCUT2D eigenvalue weighted by Gasteiger charge is -2.08. The van der Waals surface area contributed by atoms with Crippen molar-refractivity contribution in [1.29, 1.82) is 0 Å². The Balaban J connectivity index is 2.51. The van der Waals surface area contributed by atoms with Crippen molar-refractivity contribution in [1.82, 2.24) is 0 Å². The first-order valence-corrected chi connectivity index (χ1v) is 5.95. The summed E-state index contributed by atoms with van der Waals surface area (Å²) in [6.07, 6.45) is 1.74. The number of aromatic carboxylic acids is 1. The molecule has 0 spiro atoms. The molecule has 19 heavy (non-hydrogen) atoms. The molecule has 0 aliphatic carbocycles. The third-order valence-electron chi connectivity index (χ3n) is 2.37. The normalized spacial score (nSPS) is 9.95. The van der Waals surface area contributed by atoms with E-state index in [2.05, 4.69) is 0 Å². The van der Waals surface area contributed by atoms with Crippen LogP contribution in [0.3, 0.4) is 0 Å². The number of carbonyl (C=O) groups is 2. The Kier molecular flexibility index (Phi) is 5.66. The highest BCUT2D eigenvalue weighted by molar-refractivity contribution is 5.94. The number of hydrogen-bond donors (Lipinski definition) is 2. The van der Waals surface area contributed by atoms with Crippen molar-refractivity contribution < 1.29 is 24.2 Å². The largest absolute Gasteiger partial charge is 0.482 e. The van der Waals surface area contributed by atoms with Gasteiger partial charge in [0, 0.05) is 5.69 Å². The molecule has 0 unspecified atom stereocenters. The van der Waals surface area contributed by atoms with Gasteiger partial charge in [0.2, 0.25) is 0 Å². The first-order valence-electron chi connectivity index (χ1n) is 5.95. The van der Waals surface area contributed by atoms with Crippen LogP contribution in [-0.2, 0) is 9.53 Å². The van der Waals surface area contributed by atoms with Gasteiger partial charge in [-0.15, -0.1) is 0 Å². The fourth-order valence-electron chi connectivity index (χ4n) is 1.32. The fraction of sp³-hybridized carbons (Fsp3) is 0.385. The minimum atomic E-state index is -1.14. The molecule has 0 bridgehead atoms. The van der Waals surface area contributed by atoms with Gasteiger partial charge in [-0.25, -0.2) is 9.59 Å². The van der Waals surface area contributed by atoms with Crippen molar-refractivity contribution in [3.05, 3.63) is 23.8 Å². The van der Waals surface area contributed by atoms with E-state index in [1.807, 2.05) is 6.92 Å². The van der Waals surface area contributed by atoms with E-state index in [0.29, 0.717) is 6.61 Å².